The Kier molecular flexibility index (Phi) is 9.33. The van der Waals surface area contributed by atoms with Crippen LogP contribution in [0.1, 0.15) is 76.7 Å². The zero-order valence-corrected chi connectivity index (χ0v) is 22.1. The molecule has 0 radical (unpaired) electrons. The van der Waals surface area contributed by atoms with Crippen molar-refractivity contribution < 1.29 is 35.5 Å². The first-order valence-electron chi connectivity index (χ1n) is 13.9. The van der Waals surface area contributed by atoms with Crippen LogP contribution in [-0.4, -0.2) is 6.11 Å². The Morgan fingerprint density at radius 2 is 1.38 bits per heavy atom. The monoisotopic (exact) mass is 556 g/mol. The first-order chi connectivity index (χ1) is 18.5. The molecule has 0 aliphatic heterocycles. The van der Waals surface area contributed by atoms with E-state index in [-0.39, 0.29) is 29.9 Å². The molecule has 2 aliphatic carbocycles. The second-order valence-corrected chi connectivity index (χ2v) is 11.1. The standard InChI is InChI=1S/C31H35F7O/c1-2-3-20-4-6-21(7-5-20)8-9-22-10-13-24(14-11-22)31(37,38)39-25-15-16-26(28(32)19-25)23-12-17-27(29(33)18-23)30(34,35)36/h8-9,12,15-22,24H,2-7,10-11,13-14H2,1H3/b9-8+. The van der Waals surface area contributed by atoms with E-state index in [0.717, 1.165) is 30.2 Å². The number of benzene rings is 2. The molecule has 2 aromatic rings. The van der Waals surface area contributed by atoms with E-state index in [2.05, 4.69) is 19.1 Å². The van der Waals surface area contributed by atoms with Gasteiger partial charge < -0.3 is 4.74 Å². The highest BCUT2D eigenvalue weighted by Gasteiger charge is 2.44. The fourth-order valence-corrected chi connectivity index (χ4v) is 5.99. The fourth-order valence-electron chi connectivity index (χ4n) is 5.99. The highest BCUT2D eigenvalue weighted by Crippen LogP contribution is 2.42. The van der Waals surface area contributed by atoms with Crippen molar-refractivity contribution in [1.29, 1.82) is 0 Å². The second-order valence-electron chi connectivity index (χ2n) is 11.1. The quantitative estimate of drug-likeness (QED) is 0.232. The first-order valence-corrected chi connectivity index (χ1v) is 13.9. The molecule has 0 aromatic heterocycles. The van der Waals surface area contributed by atoms with Gasteiger partial charge in [-0.1, -0.05) is 38.0 Å². The summed E-state index contributed by atoms with van der Waals surface area (Å²) >= 11 is 0. The van der Waals surface area contributed by atoms with Crippen molar-refractivity contribution in [2.24, 2.45) is 23.7 Å². The van der Waals surface area contributed by atoms with Crippen molar-refractivity contribution in [3.63, 3.8) is 0 Å². The third-order valence-electron chi connectivity index (χ3n) is 8.27. The van der Waals surface area contributed by atoms with Crippen molar-refractivity contribution in [1.82, 2.24) is 0 Å². The summed E-state index contributed by atoms with van der Waals surface area (Å²) in [5.41, 5.74) is -1.83. The molecule has 8 heteroatoms. The van der Waals surface area contributed by atoms with Gasteiger partial charge in [-0.3, -0.25) is 0 Å². The van der Waals surface area contributed by atoms with E-state index >= 15 is 0 Å². The molecule has 2 fully saturated rings. The van der Waals surface area contributed by atoms with E-state index < -0.39 is 41.2 Å². The number of allylic oxidation sites excluding steroid dienone is 2. The van der Waals surface area contributed by atoms with E-state index in [1.165, 1.54) is 38.5 Å². The Labute approximate surface area is 225 Å². The molecule has 0 heterocycles. The minimum absolute atomic E-state index is 0.142. The number of alkyl halides is 5. The zero-order valence-electron chi connectivity index (χ0n) is 22.1. The Balaban J connectivity index is 1.31. The number of hydrogen-bond donors (Lipinski definition) is 0. The van der Waals surface area contributed by atoms with Gasteiger partial charge in [0.05, 0.1) is 11.5 Å². The van der Waals surface area contributed by atoms with E-state index in [1.807, 2.05) is 0 Å². The molecule has 0 spiro atoms. The normalized spacial score (nSPS) is 24.7. The first kappa shape index (κ1) is 29.5. The summed E-state index contributed by atoms with van der Waals surface area (Å²) in [4.78, 5) is 0. The summed E-state index contributed by atoms with van der Waals surface area (Å²) in [5, 5.41) is 0. The number of rotatable bonds is 8. The van der Waals surface area contributed by atoms with Crippen LogP contribution in [-0.2, 0) is 6.18 Å². The van der Waals surface area contributed by atoms with Crippen molar-refractivity contribution in [2.75, 3.05) is 0 Å². The number of ether oxygens (including phenoxy) is 1. The van der Waals surface area contributed by atoms with Gasteiger partial charge in [-0.2, -0.15) is 22.0 Å². The lowest BCUT2D eigenvalue weighted by Gasteiger charge is -2.32. The van der Waals surface area contributed by atoms with Gasteiger partial charge in [0, 0.05) is 11.6 Å². The average molecular weight is 557 g/mol. The molecule has 2 saturated carbocycles. The van der Waals surface area contributed by atoms with Crippen LogP contribution in [0.5, 0.6) is 5.75 Å². The highest BCUT2D eigenvalue weighted by molar-refractivity contribution is 5.65. The predicted molar refractivity (Wildman–Crippen MR) is 137 cm³/mol. The molecule has 0 amide bonds. The third kappa shape index (κ3) is 7.57. The van der Waals surface area contributed by atoms with Gasteiger partial charge in [-0.25, -0.2) is 8.78 Å². The molecule has 1 nitrogen and oxygen atoms in total. The molecule has 0 bridgehead atoms. The molecule has 2 aliphatic rings. The summed E-state index contributed by atoms with van der Waals surface area (Å²) in [6.07, 6.45) is 5.42. The van der Waals surface area contributed by atoms with E-state index in [1.54, 1.807) is 0 Å². The molecule has 214 valence electrons. The molecule has 0 atom stereocenters. The van der Waals surface area contributed by atoms with Crippen LogP contribution >= 0.6 is 0 Å². The summed E-state index contributed by atoms with van der Waals surface area (Å²) in [6, 6.07) is 4.99. The molecular weight excluding hydrogens is 521 g/mol. The third-order valence-corrected chi connectivity index (χ3v) is 8.27. The van der Waals surface area contributed by atoms with E-state index in [0.29, 0.717) is 30.9 Å². The van der Waals surface area contributed by atoms with Crippen molar-refractivity contribution >= 4 is 0 Å². The van der Waals surface area contributed by atoms with Gasteiger partial charge in [0.15, 0.2) is 0 Å². The smallest absolute Gasteiger partial charge is 0.419 e. The van der Waals surface area contributed by atoms with Gasteiger partial charge in [-0.15, -0.1) is 0 Å². The molecule has 4 rings (SSSR count). The maximum absolute atomic E-state index is 14.9. The van der Waals surface area contributed by atoms with Crippen LogP contribution < -0.4 is 4.74 Å². The summed E-state index contributed by atoms with van der Waals surface area (Å²) in [6.45, 7) is 2.22. The minimum Gasteiger partial charge on any atom is -0.432 e. The van der Waals surface area contributed by atoms with Crippen LogP contribution in [0.25, 0.3) is 11.1 Å². The maximum atomic E-state index is 14.9. The van der Waals surface area contributed by atoms with Crippen LogP contribution in [0.15, 0.2) is 48.6 Å². The Morgan fingerprint density at radius 1 is 0.769 bits per heavy atom. The SMILES string of the molecule is CCCC1CCC(/C=C/C2CCC(C(F)(F)Oc3ccc(-c4ccc(C(F)(F)F)c(F)c4)c(F)c3)CC2)CC1. The van der Waals surface area contributed by atoms with Gasteiger partial charge >= 0.3 is 12.3 Å². The molecule has 0 unspecified atom stereocenters. The topological polar surface area (TPSA) is 9.23 Å². The van der Waals surface area contributed by atoms with Crippen LogP contribution in [0.4, 0.5) is 30.7 Å². The molecule has 0 saturated heterocycles. The van der Waals surface area contributed by atoms with Gasteiger partial charge in [0.2, 0.25) is 0 Å². The minimum atomic E-state index is -4.88. The van der Waals surface area contributed by atoms with Crippen molar-refractivity contribution in [3.05, 3.63) is 65.7 Å². The predicted octanol–water partition coefficient (Wildman–Crippen LogP) is 10.6. The van der Waals surface area contributed by atoms with Gasteiger partial charge in [-0.05, 0) is 98.9 Å². The lowest BCUT2D eigenvalue weighted by atomic mass is 9.78. The maximum Gasteiger partial charge on any atom is 0.419 e. The lowest BCUT2D eigenvalue weighted by molar-refractivity contribution is -0.223. The zero-order chi connectivity index (χ0) is 28.2. The molecule has 39 heavy (non-hydrogen) atoms. The van der Waals surface area contributed by atoms with Crippen LogP contribution in [0.3, 0.4) is 0 Å². The molecule has 2 aromatic carbocycles. The Hall–Kier alpha value is -2.51. The second kappa shape index (κ2) is 12.3. The van der Waals surface area contributed by atoms with E-state index in [9.17, 15) is 30.7 Å². The summed E-state index contributed by atoms with van der Waals surface area (Å²) in [5.74, 6) is -2.25. The van der Waals surface area contributed by atoms with Gasteiger partial charge in [0.1, 0.15) is 17.4 Å². The summed E-state index contributed by atoms with van der Waals surface area (Å²) in [7, 11) is 0. The van der Waals surface area contributed by atoms with E-state index in [4.69, 9.17) is 4.74 Å². The van der Waals surface area contributed by atoms with Crippen molar-refractivity contribution in [2.45, 2.75) is 83.4 Å². The molecule has 0 N–H and O–H groups in total. The van der Waals surface area contributed by atoms with Crippen LogP contribution in [0, 0.1) is 35.3 Å². The summed E-state index contributed by atoms with van der Waals surface area (Å²) < 4.78 is 102. The highest BCUT2D eigenvalue weighted by atomic mass is 19.4. The largest absolute Gasteiger partial charge is 0.432 e. The number of hydrogen-bond acceptors (Lipinski definition) is 1. The fraction of sp³-hybridized carbons (Fsp3) is 0.548. The lowest BCUT2D eigenvalue weighted by Crippen LogP contribution is -2.37. The Bertz CT molecular complexity index is 1120. The Morgan fingerprint density at radius 3 is 1.92 bits per heavy atom. The van der Waals surface area contributed by atoms with Crippen molar-refractivity contribution in [3.8, 4) is 16.9 Å². The number of halogens is 7. The van der Waals surface area contributed by atoms with Gasteiger partial charge in [0.25, 0.3) is 0 Å². The average Bonchev–Trinajstić information content (AvgIpc) is 2.88. The van der Waals surface area contributed by atoms with Crippen LogP contribution in [0.2, 0.25) is 0 Å². The molecular formula is C31H35F7O.